The third kappa shape index (κ3) is 3.71. The molecule has 1 aliphatic heterocycles. The molecule has 0 aromatic carbocycles. The maximum Gasteiger partial charge on any atom is 0.165 e. The van der Waals surface area contributed by atoms with Gasteiger partial charge in [0, 0.05) is 6.42 Å². The van der Waals surface area contributed by atoms with Gasteiger partial charge in [0.1, 0.15) is 30.8 Å². The summed E-state index contributed by atoms with van der Waals surface area (Å²) in [5.41, 5.74) is 1.37. The van der Waals surface area contributed by atoms with Crippen LogP contribution >= 0.6 is 0 Å². The van der Waals surface area contributed by atoms with E-state index in [4.69, 9.17) is 20.6 Å². The van der Waals surface area contributed by atoms with Crippen molar-refractivity contribution in [2.24, 2.45) is 0 Å². The van der Waals surface area contributed by atoms with Crippen LogP contribution < -0.4 is 0 Å². The maximum absolute atomic E-state index is 9.97. The SMILES string of the molecule is C#CCOCC1O[C@@H](n2cnc3cncnc32)CC1OC(C)(C)O. The summed E-state index contributed by atoms with van der Waals surface area (Å²) in [4.78, 5) is 12.5. The molecule has 0 spiro atoms. The van der Waals surface area contributed by atoms with Gasteiger partial charge in [0.2, 0.25) is 0 Å². The monoisotopic (exact) mass is 332 g/mol. The van der Waals surface area contributed by atoms with E-state index >= 15 is 0 Å². The number of fused-ring (bicyclic) bond motifs is 1. The Labute approximate surface area is 139 Å². The summed E-state index contributed by atoms with van der Waals surface area (Å²) in [6.07, 6.45) is 9.49. The Morgan fingerprint density at radius 1 is 1.50 bits per heavy atom. The Morgan fingerprint density at radius 2 is 2.33 bits per heavy atom. The van der Waals surface area contributed by atoms with Crippen LogP contribution in [-0.2, 0) is 14.2 Å². The van der Waals surface area contributed by atoms with Gasteiger partial charge in [-0.3, -0.25) is 4.57 Å². The molecule has 0 aliphatic carbocycles. The molecule has 1 saturated heterocycles. The molecule has 1 N–H and O–H groups in total. The smallest absolute Gasteiger partial charge is 0.165 e. The molecular weight excluding hydrogens is 312 g/mol. The normalized spacial score (nSPS) is 24.3. The quantitative estimate of drug-likeness (QED) is 0.477. The lowest BCUT2D eigenvalue weighted by molar-refractivity contribution is -0.218. The molecule has 3 atom stereocenters. The van der Waals surface area contributed by atoms with Crippen molar-refractivity contribution in [2.45, 2.75) is 44.5 Å². The zero-order chi connectivity index (χ0) is 17.2. The number of imidazole rings is 1. The van der Waals surface area contributed by atoms with Crippen molar-refractivity contribution in [2.75, 3.05) is 13.2 Å². The van der Waals surface area contributed by atoms with Crippen molar-refractivity contribution in [3.63, 3.8) is 0 Å². The first-order valence-corrected chi connectivity index (χ1v) is 7.67. The van der Waals surface area contributed by atoms with Crippen LogP contribution in [0, 0.1) is 12.3 Å². The van der Waals surface area contributed by atoms with Gasteiger partial charge in [0.15, 0.2) is 11.4 Å². The van der Waals surface area contributed by atoms with Crippen LogP contribution in [0.5, 0.6) is 0 Å². The molecule has 2 aromatic heterocycles. The minimum Gasteiger partial charge on any atom is -0.366 e. The van der Waals surface area contributed by atoms with E-state index in [2.05, 4.69) is 20.9 Å². The zero-order valence-corrected chi connectivity index (χ0v) is 13.6. The number of terminal acetylenes is 1. The first-order chi connectivity index (χ1) is 11.5. The Hall–Kier alpha value is -2.05. The molecule has 0 bridgehead atoms. The highest BCUT2D eigenvalue weighted by Gasteiger charge is 2.40. The molecule has 8 nitrogen and oxygen atoms in total. The molecule has 24 heavy (non-hydrogen) atoms. The third-order valence-corrected chi connectivity index (χ3v) is 3.64. The number of rotatable bonds is 6. The van der Waals surface area contributed by atoms with E-state index in [1.807, 2.05) is 4.57 Å². The highest BCUT2D eigenvalue weighted by atomic mass is 16.7. The molecule has 3 rings (SSSR count). The van der Waals surface area contributed by atoms with Crippen molar-refractivity contribution >= 4 is 11.2 Å². The molecule has 0 saturated carbocycles. The van der Waals surface area contributed by atoms with E-state index in [0.717, 1.165) is 0 Å². The van der Waals surface area contributed by atoms with Gasteiger partial charge in [-0.25, -0.2) is 15.0 Å². The Balaban J connectivity index is 1.79. The molecule has 1 aliphatic rings. The van der Waals surface area contributed by atoms with E-state index in [-0.39, 0.29) is 31.6 Å². The molecule has 0 amide bonds. The van der Waals surface area contributed by atoms with Crippen LogP contribution in [0.4, 0.5) is 0 Å². The highest BCUT2D eigenvalue weighted by Crippen LogP contribution is 2.34. The van der Waals surface area contributed by atoms with Crippen molar-refractivity contribution in [3.05, 3.63) is 18.9 Å². The Morgan fingerprint density at radius 3 is 3.08 bits per heavy atom. The summed E-state index contributed by atoms with van der Waals surface area (Å²) in [6, 6.07) is 0. The number of hydrogen-bond donors (Lipinski definition) is 1. The molecule has 2 aromatic rings. The lowest BCUT2D eigenvalue weighted by Crippen LogP contribution is -2.37. The van der Waals surface area contributed by atoms with Crippen molar-refractivity contribution in [1.29, 1.82) is 0 Å². The largest absolute Gasteiger partial charge is 0.366 e. The van der Waals surface area contributed by atoms with E-state index < -0.39 is 5.79 Å². The summed E-state index contributed by atoms with van der Waals surface area (Å²) in [5.74, 6) is 1.15. The van der Waals surface area contributed by atoms with Gasteiger partial charge in [-0.1, -0.05) is 5.92 Å². The first-order valence-electron chi connectivity index (χ1n) is 7.67. The Kier molecular flexibility index (Phi) is 4.78. The number of nitrogens with zero attached hydrogens (tertiary/aromatic N) is 4. The van der Waals surface area contributed by atoms with Crippen LogP contribution in [-0.4, -0.2) is 55.8 Å². The van der Waals surface area contributed by atoms with E-state index in [1.165, 1.54) is 6.33 Å². The Bertz CT molecular complexity index is 733. The van der Waals surface area contributed by atoms with Gasteiger partial charge in [-0.05, 0) is 13.8 Å². The van der Waals surface area contributed by atoms with Crippen molar-refractivity contribution < 1.29 is 19.3 Å². The lowest BCUT2D eigenvalue weighted by Gasteiger charge is -2.26. The highest BCUT2D eigenvalue weighted by molar-refractivity contribution is 5.68. The van der Waals surface area contributed by atoms with E-state index in [9.17, 15) is 5.11 Å². The fraction of sp³-hybridized carbons (Fsp3) is 0.562. The third-order valence-electron chi connectivity index (χ3n) is 3.64. The van der Waals surface area contributed by atoms with Gasteiger partial charge in [0.25, 0.3) is 0 Å². The van der Waals surface area contributed by atoms with Crippen LogP contribution in [0.3, 0.4) is 0 Å². The molecule has 1 fully saturated rings. The second kappa shape index (κ2) is 6.83. The second-order valence-corrected chi connectivity index (χ2v) is 6.07. The predicted octanol–water partition coefficient (Wildman–Crippen LogP) is 0.877. The van der Waals surface area contributed by atoms with Crippen LogP contribution in [0.15, 0.2) is 18.9 Å². The van der Waals surface area contributed by atoms with Gasteiger partial charge < -0.3 is 19.3 Å². The van der Waals surface area contributed by atoms with Crippen LogP contribution in [0.1, 0.15) is 26.5 Å². The summed E-state index contributed by atoms with van der Waals surface area (Å²) in [7, 11) is 0. The number of aromatic nitrogens is 4. The average molecular weight is 332 g/mol. The fourth-order valence-corrected chi connectivity index (χ4v) is 2.75. The summed E-state index contributed by atoms with van der Waals surface area (Å²) in [6.45, 7) is 3.64. The molecule has 2 unspecified atom stereocenters. The number of hydrogen-bond acceptors (Lipinski definition) is 7. The van der Waals surface area contributed by atoms with Crippen molar-refractivity contribution in [3.8, 4) is 12.3 Å². The molecule has 128 valence electrons. The van der Waals surface area contributed by atoms with E-state index in [1.54, 1.807) is 26.4 Å². The lowest BCUT2D eigenvalue weighted by atomic mass is 10.1. The molecule has 3 heterocycles. The minimum atomic E-state index is -1.27. The van der Waals surface area contributed by atoms with Gasteiger partial charge in [0.05, 0.1) is 25.2 Å². The summed E-state index contributed by atoms with van der Waals surface area (Å²) >= 11 is 0. The predicted molar refractivity (Wildman–Crippen MR) is 84.7 cm³/mol. The van der Waals surface area contributed by atoms with Gasteiger partial charge in [-0.15, -0.1) is 6.42 Å². The summed E-state index contributed by atoms with van der Waals surface area (Å²) in [5, 5.41) is 9.97. The average Bonchev–Trinajstić information content (AvgIpc) is 3.10. The maximum atomic E-state index is 9.97. The topological polar surface area (TPSA) is 91.5 Å². The second-order valence-electron chi connectivity index (χ2n) is 6.07. The fourth-order valence-electron chi connectivity index (χ4n) is 2.75. The zero-order valence-electron chi connectivity index (χ0n) is 13.6. The van der Waals surface area contributed by atoms with Gasteiger partial charge >= 0.3 is 0 Å². The van der Waals surface area contributed by atoms with Gasteiger partial charge in [-0.2, -0.15) is 0 Å². The standard InChI is InChI=1S/C16H20N4O4/c1-4-5-22-8-13-12(24-16(2,3)21)6-14(23-13)20-10-19-11-7-17-9-18-15(11)20/h1,7,9-10,12-14,21H,5-6,8H2,2-3H3/t12?,13?,14-/m1/s1. The number of aliphatic hydroxyl groups is 1. The van der Waals surface area contributed by atoms with Crippen LogP contribution in [0.25, 0.3) is 11.2 Å². The minimum absolute atomic E-state index is 0.195. The van der Waals surface area contributed by atoms with Crippen molar-refractivity contribution in [1.82, 2.24) is 19.5 Å². The van der Waals surface area contributed by atoms with Crippen LogP contribution in [0.2, 0.25) is 0 Å². The first kappa shape index (κ1) is 16.8. The molecule has 8 heteroatoms. The number of ether oxygens (including phenoxy) is 3. The molecule has 0 radical (unpaired) electrons. The summed E-state index contributed by atoms with van der Waals surface area (Å²) < 4.78 is 19.0. The molecular formula is C16H20N4O4. The van der Waals surface area contributed by atoms with E-state index in [0.29, 0.717) is 17.6 Å².